The molecule has 7 nitrogen and oxygen atoms in total. The number of anilines is 1. The average molecular weight is 458 g/mol. The van der Waals surface area contributed by atoms with Crippen molar-refractivity contribution in [3.05, 3.63) is 70.9 Å². The number of pyridine rings is 1. The number of hydrogen-bond acceptors (Lipinski definition) is 5. The van der Waals surface area contributed by atoms with Crippen LogP contribution >= 0.6 is 0 Å². The second-order valence-electron chi connectivity index (χ2n) is 9.23. The zero-order valence-corrected chi connectivity index (χ0v) is 19.1. The summed E-state index contributed by atoms with van der Waals surface area (Å²) >= 11 is 0. The van der Waals surface area contributed by atoms with E-state index in [1.165, 1.54) is 0 Å². The highest BCUT2D eigenvalue weighted by molar-refractivity contribution is 6.06. The van der Waals surface area contributed by atoms with Crippen molar-refractivity contribution in [2.24, 2.45) is 5.92 Å². The fourth-order valence-electron chi connectivity index (χ4n) is 4.43. The Balaban J connectivity index is 1.29. The first kappa shape index (κ1) is 22.1. The van der Waals surface area contributed by atoms with E-state index in [4.69, 9.17) is 9.72 Å². The molecular weight excluding hydrogens is 430 g/mol. The van der Waals surface area contributed by atoms with E-state index in [0.717, 1.165) is 54.3 Å². The molecule has 1 atom stereocenters. The number of carbonyl (C=O) groups is 3. The number of para-hydroxylation sites is 1. The molecule has 2 aliphatic carbocycles. The number of amides is 2. The first-order valence-electron chi connectivity index (χ1n) is 11.8. The van der Waals surface area contributed by atoms with E-state index < -0.39 is 18.5 Å². The molecule has 174 valence electrons. The summed E-state index contributed by atoms with van der Waals surface area (Å²) in [5.41, 5.74) is 4.09. The highest BCUT2D eigenvalue weighted by Gasteiger charge is 2.27. The van der Waals surface area contributed by atoms with Gasteiger partial charge >= 0.3 is 5.97 Å². The molecule has 1 fully saturated rings. The highest BCUT2D eigenvalue weighted by atomic mass is 16.5. The summed E-state index contributed by atoms with van der Waals surface area (Å²) in [7, 11) is 0. The third-order valence-corrected chi connectivity index (χ3v) is 6.37. The van der Waals surface area contributed by atoms with Gasteiger partial charge in [0.15, 0.2) is 6.61 Å². The van der Waals surface area contributed by atoms with Crippen LogP contribution in [0.5, 0.6) is 0 Å². The van der Waals surface area contributed by atoms with Crippen molar-refractivity contribution in [1.29, 1.82) is 0 Å². The van der Waals surface area contributed by atoms with Crippen molar-refractivity contribution in [1.82, 2.24) is 10.3 Å². The quantitative estimate of drug-likeness (QED) is 0.545. The van der Waals surface area contributed by atoms with Gasteiger partial charge < -0.3 is 15.4 Å². The van der Waals surface area contributed by atoms with E-state index in [2.05, 4.69) is 17.6 Å². The fraction of sp³-hybridized carbons (Fsp3) is 0.333. The van der Waals surface area contributed by atoms with Gasteiger partial charge in [0.2, 0.25) is 0 Å². The van der Waals surface area contributed by atoms with Gasteiger partial charge in [-0.25, -0.2) is 4.79 Å². The summed E-state index contributed by atoms with van der Waals surface area (Å²) in [5, 5.41) is 6.38. The summed E-state index contributed by atoms with van der Waals surface area (Å²) in [4.78, 5) is 42.7. The van der Waals surface area contributed by atoms with E-state index in [-0.39, 0.29) is 11.9 Å². The molecule has 3 aromatic rings. The predicted octanol–water partition coefficient (Wildman–Crippen LogP) is 4.05. The van der Waals surface area contributed by atoms with E-state index in [1.54, 1.807) is 24.3 Å². The Morgan fingerprint density at radius 2 is 1.88 bits per heavy atom. The Labute approximate surface area is 197 Å². The van der Waals surface area contributed by atoms with Gasteiger partial charge in [0, 0.05) is 28.4 Å². The SMILES string of the molecule is CC1CCc2nc3ccccc3c(C(=O)OCC(=O)Nc3cccc(C(=O)NC4CC4)c3)c2C1. The number of hydrogen-bond donors (Lipinski definition) is 2. The van der Waals surface area contributed by atoms with Crippen LogP contribution < -0.4 is 10.6 Å². The van der Waals surface area contributed by atoms with E-state index >= 15 is 0 Å². The molecule has 0 spiro atoms. The lowest BCUT2D eigenvalue weighted by Crippen LogP contribution is -2.26. The first-order chi connectivity index (χ1) is 16.5. The third kappa shape index (κ3) is 4.78. The van der Waals surface area contributed by atoms with Gasteiger partial charge in [-0.15, -0.1) is 0 Å². The summed E-state index contributed by atoms with van der Waals surface area (Å²) in [6.07, 6.45) is 4.63. The number of fused-ring (bicyclic) bond motifs is 2. The van der Waals surface area contributed by atoms with Gasteiger partial charge in [0.05, 0.1) is 11.1 Å². The lowest BCUT2D eigenvalue weighted by Gasteiger charge is -2.24. The van der Waals surface area contributed by atoms with Crippen molar-refractivity contribution in [3.8, 4) is 0 Å². The van der Waals surface area contributed by atoms with Crippen LogP contribution in [0.3, 0.4) is 0 Å². The summed E-state index contributed by atoms with van der Waals surface area (Å²) in [5.74, 6) is -0.686. The maximum atomic E-state index is 13.2. The Kier molecular flexibility index (Phi) is 6.01. The topological polar surface area (TPSA) is 97.4 Å². The number of nitrogens with zero attached hydrogens (tertiary/aromatic N) is 1. The van der Waals surface area contributed by atoms with Crippen molar-refractivity contribution in [2.75, 3.05) is 11.9 Å². The number of ether oxygens (including phenoxy) is 1. The maximum Gasteiger partial charge on any atom is 0.339 e. The van der Waals surface area contributed by atoms with Crippen molar-refractivity contribution in [2.45, 2.75) is 45.1 Å². The van der Waals surface area contributed by atoms with Gasteiger partial charge in [-0.2, -0.15) is 0 Å². The summed E-state index contributed by atoms with van der Waals surface area (Å²) in [6.45, 7) is 1.75. The Morgan fingerprint density at radius 1 is 1.06 bits per heavy atom. The van der Waals surface area contributed by atoms with E-state index in [9.17, 15) is 14.4 Å². The molecule has 1 aromatic heterocycles. The molecule has 0 radical (unpaired) electrons. The number of benzene rings is 2. The second-order valence-corrected chi connectivity index (χ2v) is 9.23. The molecule has 34 heavy (non-hydrogen) atoms. The van der Waals surface area contributed by atoms with Gasteiger partial charge in [-0.3, -0.25) is 14.6 Å². The standard InChI is InChI=1S/C27H27N3O4/c1-16-9-12-23-21(13-16)25(20-7-2-3-8-22(20)30-23)27(33)34-15-24(31)28-19-6-4-5-17(14-19)26(32)29-18-10-11-18/h2-8,14,16,18H,9-13,15H2,1H3,(H,28,31)(H,29,32). The number of carbonyl (C=O) groups excluding carboxylic acids is 3. The fourth-order valence-corrected chi connectivity index (χ4v) is 4.43. The minimum absolute atomic E-state index is 0.159. The Bertz CT molecular complexity index is 1280. The van der Waals surface area contributed by atoms with Gasteiger partial charge in [-0.05, 0) is 67.9 Å². The van der Waals surface area contributed by atoms with Crippen molar-refractivity contribution in [3.63, 3.8) is 0 Å². The number of aryl methyl sites for hydroxylation is 1. The molecule has 2 aromatic carbocycles. The first-order valence-corrected chi connectivity index (χ1v) is 11.8. The Morgan fingerprint density at radius 3 is 2.71 bits per heavy atom. The van der Waals surface area contributed by atoms with Crippen LogP contribution in [0.4, 0.5) is 5.69 Å². The van der Waals surface area contributed by atoms with Crippen molar-refractivity contribution >= 4 is 34.4 Å². The van der Waals surface area contributed by atoms with Crippen molar-refractivity contribution < 1.29 is 19.1 Å². The van der Waals surface area contributed by atoms with E-state index in [0.29, 0.717) is 22.7 Å². The number of nitrogens with one attached hydrogen (secondary N) is 2. The minimum atomic E-state index is -0.517. The van der Waals surface area contributed by atoms with Crippen LogP contribution in [0.15, 0.2) is 48.5 Å². The van der Waals surface area contributed by atoms with Crippen LogP contribution in [0.25, 0.3) is 10.9 Å². The van der Waals surface area contributed by atoms with Crippen LogP contribution in [0.2, 0.25) is 0 Å². The maximum absolute atomic E-state index is 13.2. The predicted molar refractivity (Wildman–Crippen MR) is 129 cm³/mol. The largest absolute Gasteiger partial charge is 0.452 e. The molecule has 1 unspecified atom stereocenters. The normalized spacial score (nSPS) is 17.0. The molecular formula is C27H27N3O4. The molecule has 2 amide bonds. The van der Waals surface area contributed by atoms with Crippen LogP contribution in [-0.4, -0.2) is 35.4 Å². The molecule has 1 saturated carbocycles. The monoisotopic (exact) mass is 457 g/mol. The molecule has 5 rings (SSSR count). The molecule has 1 heterocycles. The number of rotatable bonds is 6. The second kappa shape index (κ2) is 9.25. The Hall–Kier alpha value is -3.74. The van der Waals surface area contributed by atoms with Crippen LogP contribution in [-0.2, 0) is 22.4 Å². The van der Waals surface area contributed by atoms with Gasteiger partial charge in [-0.1, -0.05) is 31.2 Å². The lowest BCUT2D eigenvalue weighted by atomic mass is 9.84. The average Bonchev–Trinajstić information content (AvgIpc) is 3.65. The zero-order valence-electron chi connectivity index (χ0n) is 19.1. The third-order valence-electron chi connectivity index (χ3n) is 6.37. The van der Waals surface area contributed by atoms with E-state index in [1.807, 2.05) is 24.3 Å². The summed E-state index contributed by atoms with van der Waals surface area (Å²) < 4.78 is 5.45. The molecule has 2 aliphatic rings. The molecule has 7 heteroatoms. The number of esters is 1. The molecule has 0 saturated heterocycles. The highest BCUT2D eigenvalue weighted by Crippen LogP contribution is 2.32. The van der Waals surface area contributed by atoms with Gasteiger partial charge in [0.25, 0.3) is 11.8 Å². The number of aromatic nitrogens is 1. The smallest absolute Gasteiger partial charge is 0.339 e. The minimum Gasteiger partial charge on any atom is -0.452 e. The zero-order chi connectivity index (χ0) is 23.7. The van der Waals surface area contributed by atoms with Crippen LogP contribution in [0, 0.1) is 5.92 Å². The van der Waals surface area contributed by atoms with Crippen LogP contribution in [0.1, 0.15) is 58.2 Å². The molecule has 0 aliphatic heterocycles. The van der Waals surface area contributed by atoms with Gasteiger partial charge in [0.1, 0.15) is 0 Å². The summed E-state index contributed by atoms with van der Waals surface area (Å²) in [6, 6.07) is 14.5. The molecule has 2 N–H and O–H groups in total. The molecule has 0 bridgehead atoms. The lowest BCUT2D eigenvalue weighted by molar-refractivity contribution is -0.119.